The van der Waals surface area contributed by atoms with Crippen LogP contribution in [0.15, 0.2) is 48.5 Å². The Hall–Kier alpha value is -2.60. The Bertz CT molecular complexity index is 710. The summed E-state index contributed by atoms with van der Waals surface area (Å²) in [6, 6.07) is 11.7. The standard InChI is InChI=1S/C16H14ClFN2O3/c1-19-16(22)20-15(21)14(10-5-3-2-4-6-10)23-11-7-8-13(18)12(17)9-11/h2-9,14H,1H3,(H2,19,20,21,22)/t14-/m1/s1. The largest absolute Gasteiger partial charge is 0.476 e. The number of amides is 3. The van der Waals surface area contributed by atoms with E-state index in [9.17, 15) is 14.0 Å². The van der Waals surface area contributed by atoms with Crippen molar-refractivity contribution in [1.82, 2.24) is 10.6 Å². The Balaban J connectivity index is 2.28. The van der Waals surface area contributed by atoms with Gasteiger partial charge in [-0.1, -0.05) is 41.9 Å². The number of carbonyl (C=O) groups excluding carboxylic acids is 2. The highest BCUT2D eigenvalue weighted by Gasteiger charge is 2.24. The molecule has 0 saturated carbocycles. The van der Waals surface area contributed by atoms with E-state index >= 15 is 0 Å². The van der Waals surface area contributed by atoms with Crippen molar-refractivity contribution in [2.45, 2.75) is 6.10 Å². The van der Waals surface area contributed by atoms with Crippen molar-refractivity contribution in [1.29, 1.82) is 0 Å². The molecule has 5 nitrogen and oxygen atoms in total. The molecular formula is C16H14ClFN2O3. The molecule has 2 aromatic carbocycles. The highest BCUT2D eigenvalue weighted by molar-refractivity contribution is 6.30. The van der Waals surface area contributed by atoms with E-state index < -0.39 is 23.9 Å². The molecular weight excluding hydrogens is 323 g/mol. The molecule has 0 unspecified atom stereocenters. The predicted molar refractivity (Wildman–Crippen MR) is 83.8 cm³/mol. The second-order valence-electron chi connectivity index (χ2n) is 4.55. The summed E-state index contributed by atoms with van der Waals surface area (Å²) in [7, 11) is 1.39. The first kappa shape index (κ1) is 16.8. The van der Waals surface area contributed by atoms with Gasteiger partial charge in [-0.3, -0.25) is 10.1 Å². The first-order chi connectivity index (χ1) is 11.0. The van der Waals surface area contributed by atoms with E-state index in [2.05, 4.69) is 10.6 Å². The second-order valence-corrected chi connectivity index (χ2v) is 4.96. The van der Waals surface area contributed by atoms with Crippen LogP contribution in [0.1, 0.15) is 11.7 Å². The minimum absolute atomic E-state index is 0.124. The number of hydrogen-bond acceptors (Lipinski definition) is 3. The van der Waals surface area contributed by atoms with Crippen LogP contribution in [0, 0.1) is 5.82 Å². The first-order valence-electron chi connectivity index (χ1n) is 6.70. The number of halogens is 2. The Morgan fingerprint density at radius 1 is 1.17 bits per heavy atom. The number of nitrogens with one attached hydrogen (secondary N) is 2. The summed E-state index contributed by atoms with van der Waals surface area (Å²) in [4.78, 5) is 23.6. The van der Waals surface area contributed by atoms with E-state index in [-0.39, 0.29) is 10.8 Å². The maximum Gasteiger partial charge on any atom is 0.321 e. The van der Waals surface area contributed by atoms with E-state index in [4.69, 9.17) is 16.3 Å². The van der Waals surface area contributed by atoms with Gasteiger partial charge in [-0.15, -0.1) is 0 Å². The summed E-state index contributed by atoms with van der Waals surface area (Å²) in [5.41, 5.74) is 0.536. The fraction of sp³-hybridized carbons (Fsp3) is 0.125. The number of carbonyl (C=O) groups is 2. The zero-order valence-corrected chi connectivity index (χ0v) is 12.9. The van der Waals surface area contributed by atoms with E-state index in [1.807, 2.05) is 0 Å². The average Bonchev–Trinajstić information content (AvgIpc) is 2.56. The molecule has 0 saturated heterocycles. The van der Waals surface area contributed by atoms with E-state index in [0.29, 0.717) is 5.56 Å². The lowest BCUT2D eigenvalue weighted by molar-refractivity contribution is -0.127. The molecule has 0 bridgehead atoms. The van der Waals surface area contributed by atoms with Crippen LogP contribution in [0.5, 0.6) is 5.75 Å². The fourth-order valence-electron chi connectivity index (χ4n) is 1.83. The third-order valence-corrected chi connectivity index (χ3v) is 3.24. The van der Waals surface area contributed by atoms with Crippen molar-refractivity contribution in [2.24, 2.45) is 0 Å². The zero-order valence-electron chi connectivity index (χ0n) is 12.2. The summed E-state index contributed by atoms with van der Waals surface area (Å²) >= 11 is 5.71. The van der Waals surface area contributed by atoms with Gasteiger partial charge in [-0.05, 0) is 12.1 Å². The average molecular weight is 337 g/mol. The maximum atomic E-state index is 13.2. The molecule has 0 aliphatic rings. The molecule has 0 fully saturated rings. The molecule has 0 aliphatic carbocycles. The first-order valence-corrected chi connectivity index (χ1v) is 7.08. The van der Waals surface area contributed by atoms with Crippen molar-refractivity contribution in [2.75, 3.05) is 7.05 Å². The van der Waals surface area contributed by atoms with Gasteiger partial charge in [0.1, 0.15) is 11.6 Å². The van der Waals surface area contributed by atoms with Crippen molar-refractivity contribution in [3.63, 3.8) is 0 Å². The summed E-state index contributed by atoms with van der Waals surface area (Å²) < 4.78 is 18.8. The van der Waals surface area contributed by atoms with Crippen molar-refractivity contribution in [3.05, 3.63) is 64.9 Å². The van der Waals surface area contributed by atoms with Crippen molar-refractivity contribution >= 4 is 23.5 Å². The molecule has 2 N–H and O–H groups in total. The third kappa shape index (κ3) is 4.43. The van der Waals surface area contributed by atoms with Crippen LogP contribution >= 0.6 is 11.6 Å². The van der Waals surface area contributed by atoms with Crippen LogP contribution in [0.4, 0.5) is 9.18 Å². The van der Waals surface area contributed by atoms with Crippen LogP contribution in [0.25, 0.3) is 0 Å². The topological polar surface area (TPSA) is 67.4 Å². The number of ether oxygens (including phenoxy) is 1. The lowest BCUT2D eigenvalue weighted by atomic mass is 10.1. The van der Waals surface area contributed by atoms with Crippen LogP contribution in [0.2, 0.25) is 5.02 Å². The van der Waals surface area contributed by atoms with E-state index in [1.54, 1.807) is 30.3 Å². The Morgan fingerprint density at radius 3 is 2.48 bits per heavy atom. The minimum Gasteiger partial charge on any atom is -0.476 e. The van der Waals surface area contributed by atoms with Gasteiger partial charge in [0, 0.05) is 18.7 Å². The fourth-order valence-corrected chi connectivity index (χ4v) is 2.00. The smallest absolute Gasteiger partial charge is 0.321 e. The van der Waals surface area contributed by atoms with Crippen LogP contribution in [0.3, 0.4) is 0 Å². The Labute approximate surface area is 137 Å². The van der Waals surface area contributed by atoms with Gasteiger partial charge in [0.2, 0.25) is 6.10 Å². The number of benzene rings is 2. The second kappa shape index (κ2) is 7.60. The molecule has 1 atom stereocenters. The van der Waals surface area contributed by atoms with E-state index in [0.717, 1.165) is 6.07 Å². The summed E-state index contributed by atoms with van der Waals surface area (Å²) in [6.07, 6.45) is -1.09. The van der Waals surface area contributed by atoms with Crippen LogP contribution < -0.4 is 15.4 Å². The number of hydrogen-bond donors (Lipinski definition) is 2. The number of urea groups is 1. The molecule has 0 radical (unpaired) electrons. The molecule has 120 valence electrons. The van der Waals surface area contributed by atoms with Gasteiger partial charge >= 0.3 is 6.03 Å². The molecule has 0 aromatic heterocycles. The maximum absolute atomic E-state index is 13.2. The van der Waals surface area contributed by atoms with Gasteiger partial charge in [0.25, 0.3) is 5.91 Å². The third-order valence-electron chi connectivity index (χ3n) is 2.95. The minimum atomic E-state index is -1.09. The molecule has 0 spiro atoms. The normalized spacial score (nSPS) is 11.4. The molecule has 0 aliphatic heterocycles. The van der Waals surface area contributed by atoms with Gasteiger partial charge in [-0.25, -0.2) is 9.18 Å². The summed E-state index contributed by atoms with van der Waals surface area (Å²) in [6.45, 7) is 0. The van der Waals surface area contributed by atoms with Crippen molar-refractivity contribution < 1.29 is 18.7 Å². The SMILES string of the molecule is CNC(=O)NC(=O)[C@H](Oc1ccc(F)c(Cl)c1)c1ccccc1. The monoisotopic (exact) mass is 336 g/mol. The molecule has 0 heterocycles. The number of rotatable bonds is 4. The highest BCUT2D eigenvalue weighted by atomic mass is 35.5. The van der Waals surface area contributed by atoms with Crippen LogP contribution in [-0.2, 0) is 4.79 Å². The molecule has 7 heteroatoms. The predicted octanol–water partition coefficient (Wildman–Crippen LogP) is 3.05. The Kier molecular flexibility index (Phi) is 5.54. The summed E-state index contributed by atoms with van der Waals surface area (Å²) in [5.74, 6) is -1.04. The highest BCUT2D eigenvalue weighted by Crippen LogP contribution is 2.26. The molecule has 3 amide bonds. The molecule has 2 aromatic rings. The Morgan fingerprint density at radius 2 is 1.87 bits per heavy atom. The molecule has 23 heavy (non-hydrogen) atoms. The van der Waals surface area contributed by atoms with Gasteiger partial charge < -0.3 is 10.1 Å². The van der Waals surface area contributed by atoms with Crippen LogP contribution in [-0.4, -0.2) is 19.0 Å². The van der Waals surface area contributed by atoms with Gasteiger partial charge in [0.05, 0.1) is 5.02 Å². The van der Waals surface area contributed by atoms with E-state index in [1.165, 1.54) is 19.2 Å². The quantitative estimate of drug-likeness (QED) is 0.901. The molecule has 2 rings (SSSR count). The number of imide groups is 1. The summed E-state index contributed by atoms with van der Waals surface area (Å²) in [5, 5.41) is 4.31. The van der Waals surface area contributed by atoms with Crippen molar-refractivity contribution in [3.8, 4) is 5.75 Å². The van der Waals surface area contributed by atoms with Gasteiger partial charge in [0.15, 0.2) is 0 Å². The lowest BCUT2D eigenvalue weighted by Gasteiger charge is -2.19. The van der Waals surface area contributed by atoms with Gasteiger partial charge in [-0.2, -0.15) is 0 Å². The zero-order chi connectivity index (χ0) is 16.8. The lowest BCUT2D eigenvalue weighted by Crippen LogP contribution is -2.41.